The number of carbonyl (C=O) groups excluding carboxylic acids is 1. The van der Waals surface area contributed by atoms with E-state index in [1.54, 1.807) is 47.8 Å². The number of para-hydroxylation sites is 1. The van der Waals surface area contributed by atoms with E-state index in [4.69, 9.17) is 24.3 Å². The number of aliphatic hydroxyl groups is 1. The van der Waals surface area contributed by atoms with Crippen LogP contribution in [0.3, 0.4) is 0 Å². The molecule has 3 heterocycles. The topological polar surface area (TPSA) is 160 Å². The minimum Gasteiger partial charge on any atom is -0.465 e. The average Bonchev–Trinajstić information content (AvgIpc) is 3.40. The Morgan fingerprint density at radius 2 is 2.06 bits per heavy atom. The lowest BCUT2D eigenvalue weighted by atomic mass is 9.97. The number of benzene rings is 1. The standard InChI is InChI=1S/C23H30N5O7P/c1-4-32-23(30)15(3)27-36(31,35-16-8-6-5-7-9-16)33-12-19-20(29)14(2)21(34-19)17-10-11-18-22(24)25-13-26-28(17)18/h5-11,13-15,19-21,29H,4,12H2,1-3H3,(H,27,31)(H2,24,25,26). The number of nitrogens with two attached hydrogens (primary N) is 1. The van der Waals surface area contributed by atoms with Gasteiger partial charge in [-0.25, -0.2) is 14.1 Å². The molecular weight excluding hydrogens is 489 g/mol. The van der Waals surface area contributed by atoms with Crippen molar-refractivity contribution in [3.8, 4) is 5.75 Å². The number of anilines is 1. The number of hydrogen-bond donors (Lipinski definition) is 3. The lowest BCUT2D eigenvalue weighted by Crippen LogP contribution is -2.36. The Morgan fingerprint density at radius 1 is 1.31 bits per heavy atom. The molecule has 0 spiro atoms. The normalized spacial score (nSPS) is 24.3. The number of fused-ring (bicyclic) bond motifs is 1. The lowest BCUT2D eigenvalue weighted by Gasteiger charge is -2.24. The summed E-state index contributed by atoms with van der Waals surface area (Å²) in [6.07, 6.45) is -0.962. The molecule has 1 saturated heterocycles. The lowest BCUT2D eigenvalue weighted by molar-refractivity contribution is -0.144. The number of nitrogens with zero attached hydrogens (tertiary/aromatic N) is 3. The number of rotatable bonds is 10. The number of nitrogen functional groups attached to an aromatic ring is 1. The summed E-state index contributed by atoms with van der Waals surface area (Å²) in [5, 5.41) is 17.7. The Balaban J connectivity index is 1.50. The minimum absolute atomic E-state index is 0.169. The number of hydrogen-bond acceptors (Lipinski definition) is 10. The summed E-state index contributed by atoms with van der Waals surface area (Å²) in [6, 6.07) is 11.0. The van der Waals surface area contributed by atoms with Gasteiger partial charge in [-0.2, -0.15) is 10.2 Å². The zero-order valence-corrected chi connectivity index (χ0v) is 21.1. The monoisotopic (exact) mass is 519 g/mol. The fourth-order valence-corrected chi connectivity index (χ4v) is 5.52. The fraction of sp³-hybridized carbons (Fsp3) is 0.435. The van der Waals surface area contributed by atoms with Crippen molar-refractivity contribution in [2.75, 3.05) is 18.9 Å². The molecule has 0 aliphatic carbocycles. The van der Waals surface area contributed by atoms with Crippen LogP contribution in [0.4, 0.5) is 5.82 Å². The van der Waals surface area contributed by atoms with E-state index in [0.29, 0.717) is 17.0 Å². The predicted molar refractivity (Wildman–Crippen MR) is 130 cm³/mol. The highest BCUT2D eigenvalue weighted by Crippen LogP contribution is 2.47. The maximum Gasteiger partial charge on any atom is 0.459 e. The van der Waals surface area contributed by atoms with Crippen LogP contribution < -0.4 is 15.3 Å². The number of esters is 1. The van der Waals surface area contributed by atoms with Gasteiger partial charge in [0.2, 0.25) is 0 Å². The molecule has 1 aliphatic rings. The van der Waals surface area contributed by atoms with E-state index in [0.717, 1.165) is 0 Å². The van der Waals surface area contributed by atoms with E-state index in [1.807, 2.05) is 13.0 Å². The van der Waals surface area contributed by atoms with Crippen molar-refractivity contribution in [2.45, 2.75) is 45.1 Å². The summed E-state index contributed by atoms with van der Waals surface area (Å²) >= 11 is 0. The molecule has 3 aromatic rings. The van der Waals surface area contributed by atoms with Crippen LogP contribution in [-0.2, 0) is 23.4 Å². The molecule has 1 aliphatic heterocycles. The van der Waals surface area contributed by atoms with Crippen LogP contribution >= 0.6 is 7.75 Å². The second kappa shape index (κ2) is 10.9. The largest absolute Gasteiger partial charge is 0.465 e. The first kappa shape index (κ1) is 26.1. The molecule has 0 bridgehead atoms. The van der Waals surface area contributed by atoms with Crippen LogP contribution in [-0.4, -0.2) is 57.1 Å². The van der Waals surface area contributed by atoms with Gasteiger partial charge in [0.25, 0.3) is 0 Å². The van der Waals surface area contributed by atoms with Crippen molar-refractivity contribution in [2.24, 2.45) is 5.92 Å². The Kier molecular flexibility index (Phi) is 7.91. The molecule has 12 nitrogen and oxygen atoms in total. The van der Waals surface area contributed by atoms with Gasteiger partial charge >= 0.3 is 13.7 Å². The van der Waals surface area contributed by atoms with Gasteiger partial charge in [0, 0.05) is 5.92 Å². The number of carbonyl (C=O) groups is 1. The van der Waals surface area contributed by atoms with Gasteiger partial charge in [-0.1, -0.05) is 25.1 Å². The number of aromatic nitrogens is 3. The molecule has 13 heteroatoms. The van der Waals surface area contributed by atoms with Gasteiger partial charge in [0.05, 0.1) is 25.0 Å². The number of ether oxygens (including phenoxy) is 2. The van der Waals surface area contributed by atoms with Crippen molar-refractivity contribution >= 4 is 25.1 Å². The molecule has 4 N–H and O–H groups in total. The van der Waals surface area contributed by atoms with E-state index < -0.39 is 38.1 Å². The van der Waals surface area contributed by atoms with E-state index in [9.17, 15) is 14.5 Å². The SMILES string of the molecule is CCOC(=O)C(C)NP(=O)(OCC1OC(c2ccc3c(N)ncnn23)C(C)C1O)Oc1ccccc1. The fourth-order valence-electron chi connectivity index (χ4n) is 4.01. The third-order valence-corrected chi connectivity index (χ3v) is 7.53. The van der Waals surface area contributed by atoms with E-state index in [2.05, 4.69) is 15.2 Å². The summed E-state index contributed by atoms with van der Waals surface area (Å²) in [5.41, 5.74) is 7.24. The van der Waals surface area contributed by atoms with E-state index in [1.165, 1.54) is 13.3 Å². The predicted octanol–water partition coefficient (Wildman–Crippen LogP) is 2.49. The molecule has 36 heavy (non-hydrogen) atoms. The van der Waals surface area contributed by atoms with E-state index in [-0.39, 0.29) is 24.9 Å². The first-order chi connectivity index (χ1) is 17.2. The second-order valence-electron chi connectivity index (χ2n) is 8.45. The summed E-state index contributed by atoms with van der Waals surface area (Å²) in [4.78, 5) is 16.1. The maximum absolute atomic E-state index is 13.6. The Hall–Kier alpha value is -3.02. The molecule has 194 valence electrons. The average molecular weight is 519 g/mol. The summed E-state index contributed by atoms with van der Waals surface area (Å²) < 4.78 is 37.7. The molecule has 6 atom stereocenters. The van der Waals surface area contributed by atoms with Crippen LogP contribution in [0.5, 0.6) is 5.75 Å². The quantitative estimate of drug-likeness (QED) is 0.267. The maximum atomic E-state index is 13.6. The summed E-state index contributed by atoms with van der Waals surface area (Å²) in [5.74, 6) is -0.345. The van der Waals surface area contributed by atoms with Gasteiger partial charge in [0.15, 0.2) is 5.82 Å². The smallest absolute Gasteiger partial charge is 0.459 e. The second-order valence-corrected chi connectivity index (χ2v) is 10.1. The van der Waals surface area contributed by atoms with Crippen LogP contribution in [0.1, 0.15) is 32.6 Å². The molecule has 6 unspecified atom stereocenters. The minimum atomic E-state index is -4.08. The van der Waals surface area contributed by atoms with Gasteiger partial charge in [-0.15, -0.1) is 0 Å². The van der Waals surface area contributed by atoms with Crippen LogP contribution in [0.25, 0.3) is 5.52 Å². The molecule has 2 aromatic heterocycles. The molecule has 0 saturated carbocycles. The van der Waals surface area contributed by atoms with Crippen molar-refractivity contribution in [3.05, 3.63) is 54.5 Å². The van der Waals surface area contributed by atoms with Crippen molar-refractivity contribution in [1.82, 2.24) is 19.7 Å². The molecule has 0 radical (unpaired) electrons. The Bertz CT molecular complexity index is 1240. The van der Waals surface area contributed by atoms with Gasteiger partial charge in [-0.3, -0.25) is 9.32 Å². The molecule has 1 fully saturated rings. The Labute approximate surface area is 208 Å². The van der Waals surface area contributed by atoms with Crippen molar-refractivity contribution in [3.63, 3.8) is 0 Å². The molecular formula is C23H30N5O7P. The zero-order valence-electron chi connectivity index (χ0n) is 20.2. The third kappa shape index (κ3) is 5.53. The van der Waals surface area contributed by atoms with Crippen LogP contribution in [0.15, 0.2) is 48.8 Å². The van der Waals surface area contributed by atoms with Crippen molar-refractivity contribution < 1.29 is 33.0 Å². The van der Waals surface area contributed by atoms with Gasteiger partial charge in [-0.05, 0) is 38.1 Å². The highest BCUT2D eigenvalue weighted by molar-refractivity contribution is 7.52. The van der Waals surface area contributed by atoms with Crippen LogP contribution in [0.2, 0.25) is 0 Å². The molecule has 4 rings (SSSR count). The zero-order chi connectivity index (χ0) is 25.9. The highest BCUT2D eigenvalue weighted by Gasteiger charge is 2.44. The molecule has 1 aromatic carbocycles. The highest BCUT2D eigenvalue weighted by atomic mass is 31.2. The first-order valence-electron chi connectivity index (χ1n) is 11.6. The van der Waals surface area contributed by atoms with Crippen molar-refractivity contribution in [1.29, 1.82) is 0 Å². The third-order valence-electron chi connectivity index (χ3n) is 5.89. The summed E-state index contributed by atoms with van der Waals surface area (Å²) in [7, 11) is -4.08. The van der Waals surface area contributed by atoms with Gasteiger partial charge in [0.1, 0.15) is 35.8 Å². The Morgan fingerprint density at radius 3 is 2.78 bits per heavy atom. The van der Waals surface area contributed by atoms with E-state index >= 15 is 0 Å². The molecule has 0 amide bonds. The van der Waals surface area contributed by atoms with Crippen LogP contribution in [0, 0.1) is 5.92 Å². The number of nitrogens with one attached hydrogen (secondary N) is 1. The van der Waals surface area contributed by atoms with Gasteiger partial charge < -0.3 is 24.8 Å². The first-order valence-corrected chi connectivity index (χ1v) is 13.1. The summed E-state index contributed by atoms with van der Waals surface area (Å²) in [6.45, 7) is 4.90. The number of aliphatic hydroxyl groups excluding tert-OH is 1.